The molecule has 1 N–H and O–H groups in total. The van der Waals surface area contributed by atoms with Gasteiger partial charge in [0.25, 0.3) is 0 Å². The van der Waals surface area contributed by atoms with E-state index in [4.69, 9.17) is 0 Å². The van der Waals surface area contributed by atoms with Crippen molar-refractivity contribution < 1.29 is 5.11 Å². The van der Waals surface area contributed by atoms with Crippen LogP contribution in [0.5, 0.6) is 0 Å². The van der Waals surface area contributed by atoms with Gasteiger partial charge in [-0.25, -0.2) is 0 Å². The van der Waals surface area contributed by atoms with Gasteiger partial charge in [0.15, 0.2) is 0 Å². The standard InChI is InChI=1S/C30H50O/c1-19(2)20-9-12-23-27(20,5)15-17-30(8)24-13-10-21-22(11-14-25(31)26(21,3)4)28(24,6)16-18-29(23,30)7/h10,19-20,22-25,31H,9,11-18H2,1-8H3. The predicted octanol–water partition coefficient (Wildman–Crippen LogP) is 8.02. The van der Waals surface area contributed by atoms with Crippen LogP contribution in [0.15, 0.2) is 11.6 Å². The zero-order valence-electron chi connectivity index (χ0n) is 21.9. The Morgan fingerprint density at radius 1 is 0.774 bits per heavy atom. The molecule has 0 bridgehead atoms. The number of aliphatic hydroxyl groups excluding tert-OH is 1. The first-order valence-corrected chi connectivity index (χ1v) is 13.7. The molecule has 0 aromatic heterocycles. The molecule has 0 aromatic carbocycles. The van der Waals surface area contributed by atoms with Gasteiger partial charge in [-0.15, -0.1) is 0 Å². The van der Waals surface area contributed by atoms with Crippen molar-refractivity contribution >= 4 is 0 Å². The molecule has 0 amide bonds. The summed E-state index contributed by atoms with van der Waals surface area (Å²) in [6.07, 6.45) is 14.6. The highest BCUT2D eigenvalue weighted by Gasteiger charge is 2.70. The van der Waals surface area contributed by atoms with Crippen LogP contribution in [0, 0.1) is 56.7 Å². The van der Waals surface area contributed by atoms with E-state index in [9.17, 15) is 5.11 Å². The second-order valence-electron chi connectivity index (χ2n) is 14.6. The lowest BCUT2D eigenvalue weighted by molar-refractivity contribution is -0.214. The van der Waals surface area contributed by atoms with Crippen molar-refractivity contribution in [1.29, 1.82) is 0 Å². The molecule has 0 radical (unpaired) electrons. The number of rotatable bonds is 1. The number of fused-ring (bicyclic) bond motifs is 7. The molecule has 1 heteroatoms. The minimum absolute atomic E-state index is 0.0420. The van der Waals surface area contributed by atoms with Gasteiger partial charge in [-0.3, -0.25) is 0 Å². The molecule has 5 aliphatic rings. The highest BCUT2D eigenvalue weighted by molar-refractivity contribution is 5.30. The Morgan fingerprint density at radius 2 is 1.39 bits per heavy atom. The largest absolute Gasteiger partial charge is 0.392 e. The fourth-order valence-electron chi connectivity index (χ4n) is 11.2. The van der Waals surface area contributed by atoms with Crippen molar-refractivity contribution in [3.05, 3.63) is 11.6 Å². The molecule has 9 atom stereocenters. The van der Waals surface area contributed by atoms with E-state index in [1.54, 1.807) is 5.57 Å². The lowest BCUT2D eigenvalue weighted by Gasteiger charge is -2.71. The first-order chi connectivity index (χ1) is 14.3. The van der Waals surface area contributed by atoms with E-state index in [1.807, 2.05) is 0 Å². The predicted molar refractivity (Wildman–Crippen MR) is 131 cm³/mol. The first-order valence-electron chi connectivity index (χ1n) is 13.7. The zero-order valence-corrected chi connectivity index (χ0v) is 21.9. The molecule has 4 fully saturated rings. The van der Waals surface area contributed by atoms with Crippen LogP contribution in [-0.4, -0.2) is 11.2 Å². The molecule has 5 rings (SSSR count). The van der Waals surface area contributed by atoms with Gasteiger partial charge in [-0.1, -0.05) is 67.0 Å². The van der Waals surface area contributed by atoms with E-state index in [-0.39, 0.29) is 11.5 Å². The molecule has 4 saturated carbocycles. The van der Waals surface area contributed by atoms with Gasteiger partial charge in [0.1, 0.15) is 0 Å². The van der Waals surface area contributed by atoms with E-state index < -0.39 is 0 Å². The molecule has 0 saturated heterocycles. The summed E-state index contributed by atoms with van der Waals surface area (Å²) in [6.45, 7) is 20.4. The summed E-state index contributed by atoms with van der Waals surface area (Å²) in [6, 6.07) is 0. The summed E-state index contributed by atoms with van der Waals surface area (Å²) in [5.74, 6) is 4.15. The molecule has 5 aliphatic carbocycles. The van der Waals surface area contributed by atoms with Crippen LogP contribution >= 0.6 is 0 Å². The van der Waals surface area contributed by atoms with Gasteiger partial charge < -0.3 is 5.11 Å². The first kappa shape index (κ1) is 22.5. The zero-order chi connectivity index (χ0) is 22.6. The third-order valence-electron chi connectivity index (χ3n) is 13.3. The summed E-state index contributed by atoms with van der Waals surface area (Å²) >= 11 is 0. The highest BCUT2D eigenvalue weighted by atomic mass is 16.3. The van der Waals surface area contributed by atoms with Crippen LogP contribution in [0.25, 0.3) is 0 Å². The monoisotopic (exact) mass is 426 g/mol. The van der Waals surface area contributed by atoms with E-state index >= 15 is 0 Å². The number of hydrogen-bond acceptors (Lipinski definition) is 1. The number of allylic oxidation sites excluding steroid dienone is 1. The maximum absolute atomic E-state index is 10.8. The molecule has 1 nitrogen and oxygen atoms in total. The van der Waals surface area contributed by atoms with E-state index in [0.29, 0.717) is 27.6 Å². The topological polar surface area (TPSA) is 20.2 Å². The quantitative estimate of drug-likeness (QED) is 0.421. The van der Waals surface area contributed by atoms with Gasteiger partial charge >= 0.3 is 0 Å². The summed E-state index contributed by atoms with van der Waals surface area (Å²) in [5, 5.41) is 10.8. The Morgan fingerprint density at radius 3 is 2.03 bits per heavy atom. The van der Waals surface area contributed by atoms with Crippen LogP contribution in [0.4, 0.5) is 0 Å². The average molecular weight is 427 g/mol. The van der Waals surface area contributed by atoms with Gasteiger partial charge in [0.2, 0.25) is 0 Å². The van der Waals surface area contributed by atoms with Gasteiger partial charge in [0, 0.05) is 5.41 Å². The van der Waals surface area contributed by atoms with Crippen LogP contribution in [-0.2, 0) is 0 Å². The molecule has 31 heavy (non-hydrogen) atoms. The summed E-state index contributed by atoms with van der Waals surface area (Å²) < 4.78 is 0. The SMILES string of the molecule is CC(C)C1CCC2C1(C)CCC1(C)C3CC=C4C(CCC(O)C4(C)C)C3(C)CCC21C. The minimum atomic E-state index is -0.165. The van der Waals surface area contributed by atoms with Crippen molar-refractivity contribution in [2.75, 3.05) is 0 Å². The Labute approximate surface area is 192 Å². The molecule has 0 aliphatic heterocycles. The maximum Gasteiger partial charge on any atom is 0.0628 e. The lowest BCUT2D eigenvalue weighted by atomic mass is 9.33. The van der Waals surface area contributed by atoms with E-state index in [2.05, 4.69) is 61.5 Å². The lowest BCUT2D eigenvalue weighted by Crippen LogP contribution is -2.64. The Hall–Kier alpha value is -0.300. The van der Waals surface area contributed by atoms with Crippen molar-refractivity contribution in [1.82, 2.24) is 0 Å². The van der Waals surface area contributed by atoms with Crippen LogP contribution in [0.3, 0.4) is 0 Å². The number of aliphatic hydroxyl groups is 1. The second-order valence-corrected chi connectivity index (χ2v) is 14.6. The molecular formula is C30H50O. The summed E-state index contributed by atoms with van der Waals surface area (Å²) in [4.78, 5) is 0. The Balaban J connectivity index is 1.55. The van der Waals surface area contributed by atoms with Crippen molar-refractivity contribution in [3.8, 4) is 0 Å². The molecule has 0 heterocycles. The van der Waals surface area contributed by atoms with Crippen LogP contribution in [0.1, 0.15) is 113 Å². The Kier molecular flexibility index (Phi) is 4.82. The molecule has 0 aromatic rings. The van der Waals surface area contributed by atoms with Crippen LogP contribution < -0.4 is 0 Å². The summed E-state index contributed by atoms with van der Waals surface area (Å²) in [7, 11) is 0. The fraction of sp³-hybridized carbons (Fsp3) is 0.933. The highest BCUT2D eigenvalue weighted by Crippen LogP contribution is 2.77. The molecule has 176 valence electrons. The maximum atomic E-state index is 10.8. The fourth-order valence-corrected chi connectivity index (χ4v) is 11.2. The van der Waals surface area contributed by atoms with Crippen LogP contribution in [0.2, 0.25) is 0 Å². The molecular weight excluding hydrogens is 376 g/mol. The smallest absolute Gasteiger partial charge is 0.0628 e. The van der Waals surface area contributed by atoms with Gasteiger partial charge in [0.05, 0.1) is 6.10 Å². The Bertz CT molecular complexity index is 777. The average Bonchev–Trinajstić information content (AvgIpc) is 3.05. The second kappa shape index (κ2) is 6.64. The normalized spacial score (nSPS) is 55.7. The van der Waals surface area contributed by atoms with Gasteiger partial charge in [-0.05, 0) is 109 Å². The van der Waals surface area contributed by atoms with Gasteiger partial charge in [-0.2, -0.15) is 0 Å². The third kappa shape index (κ3) is 2.60. The molecule has 0 spiro atoms. The van der Waals surface area contributed by atoms with E-state index in [0.717, 1.165) is 30.1 Å². The van der Waals surface area contributed by atoms with Crippen molar-refractivity contribution in [2.24, 2.45) is 56.7 Å². The molecule has 9 unspecified atom stereocenters. The van der Waals surface area contributed by atoms with Crippen molar-refractivity contribution in [3.63, 3.8) is 0 Å². The minimum Gasteiger partial charge on any atom is -0.392 e. The third-order valence-corrected chi connectivity index (χ3v) is 13.3. The van der Waals surface area contributed by atoms with Crippen molar-refractivity contribution in [2.45, 2.75) is 119 Å². The summed E-state index contributed by atoms with van der Waals surface area (Å²) in [5.41, 5.74) is 3.49. The van der Waals surface area contributed by atoms with E-state index in [1.165, 1.54) is 51.4 Å². The number of hydrogen-bond donors (Lipinski definition) is 1.